The zero-order chi connectivity index (χ0) is 18.3. The summed E-state index contributed by atoms with van der Waals surface area (Å²) in [6.45, 7) is 0.784. The quantitative estimate of drug-likeness (QED) is 0.826. The largest absolute Gasteiger partial charge is 0.322 e. The zero-order valence-electron chi connectivity index (χ0n) is 13.8. The van der Waals surface area contributed by atoms with Gasteiger partial charge in [-0.25, -0.2) is 4.79 Å². The van der Waals surface area contributed by atoms with E-state index >= 15 is 0 Å². The minimum Gasteiger partial charge on any atom is -0.322 e. The number of nitrogens with one attached hydrogen (secondary N) is 1. The van der Waals surface area contributed by atoms with Crippen LogP contribution in [-0.4, -0.2) is 46.8 Å². The molecule has 0 aliphatic carbocycles. The highest BCUT2D eigenvalue weighted by Gasteiger charge is 2.44. The summed E-state index contributed by atoms with van der Waals surface area (Å²) in [4.78, 5) is 40.6. The van der Waals surface area contributed by atoms with Crippen LogP contribution in [0.1, 0.15) is 27.1 Å². The third-order valence-corrected chi connectivity index (χ3v) is 5.05. The summed E-state index contributed by atoms with van der Waals surface area (Å²) < 4.78 is 0. The van der Waals surface area contributed by atoms with E-state index in [0.717, 1.165) is 0 Å². The first-order chi connectivity index (χ1) is 12.6. The molecule has 1 atom stereocenters. The standard InChI is InChI=1S/C19H16ClN3O3/c20-15-8-4-7-14-16(15)18(25)23(17(14)24)13-9-10-22(11-13)19(26)21-12-5-2-1-3-6-12/h1-8,13H,9-11H2,(H,21,26). The van der Waals surface area contributed by atoms with Crippen LogP contribution in [0, 0.1) is 0 Å². The van der Waals surface area contributed by atoms with Gasteiger partial charge in [0.05, 0.1) is 22.2 Å². The predicted octanol–water partition coefficient (Wildman–Crippen LogP) is 3.24. The number of imide groups is 1. The van der Waals surface area contributed by atoms with Gasteiger partial charge >= 0.3 is 6.03 Å². The number of halogens is 1. The van der Waals surface area contributed by atoms with E-state index in [1.807, 2.05) is 18.2 Å². The molecule has 2 aliphatic rings. The number of fused-ring (bicyclic) bond motifs is 1. The number of hydrogen-bond donors (Lipinski definition) is 1. The van der Waals surface area contributed by atoms with Gasteiger partial charge in [0, 0.05) is 18.8 Å². The second kappa shape index (κ2) is 6.46. The zero-order valence-corrected chi connectivity index (χ0v) is 14.6. The number of anilines is 1. The minimum absolute atomic E-state index is 0.242. The van der Waals surface area contributed by atoms with Crippen LogP contribution in [0.25, 0.3) is 0 Å². The highest BCUT2D eigenvalue weighted by atomic mass is 35.5. The van der Waals surface area contributed by atoms with Crippen molar-refractivity contribution < 1.29 is 14.4 Å². The summed E-state index contributed by atoms with van der Waals surface area (Å²) in [5.41, 5.74) is 1.29. The van der Waals surface area contributed by atoms with Crippen molar-refractivity contribution in [2.24, 2.45) is 0 Å². The predicted molar refractivity (Wildman–Crippen MR) is 97.4 cm³/mol. The van der Waals surface area contributed by atoms with E-state index in [9.17, 15) is 14.4 Å². The van der Waals surface area contributed by atoms with Crippen molar-refractivity contribution in [3.8, 4) is 0 Å². The van der Waals surface area contributed by atoms with Gasteiger partial charge in [-0.1, -0.05) is 35.9 Å². The molecule has 2 aromatic carbocycles. The number of rotatable bonds is 2. The number of nitrogens with zero attached hydrogens (tertiary/aromatic N) is 2. The number of para-hydroxylation sites is 1. The molecule has 132 valence electrons. The molecule has 2 heterocycles. The molecule has 1 fully saturated rings. The lowest BCUT2D eigenvalue weighted by Crippen LogP contribution is -2.43. The Morgan fingerprint density at radius 2 is 1.81 bits per heavy atom. The van der Waals surface area contributed by atoms with Crippen molar-refractivity contribution in [2.75, 3.05) is 18.4 Å². The monoisotopic (exact) mass is 369 g/mol. The number of hydrogen-bond acceptors (Lipinski definition) is 3. The fourth-order valence-corrected chi connectivity index (χ4v) is 3.71. The molecule has 0 spiro atoms. The van der Waals surface area contributed by atoms with Gasteiger partial charge in [0.2, 0.25) is 0 Å². The molecule has 7 heteroatoms. The first-order valence-corrected chi connectivity index (χ1v) is 8.71. The molecule has 0 aromatic heterocycles. The Bertz CT molecular complexity index is 900. The van der Waals surface area contributed by atoms with Crippen LogP contribution >= 0.6 is 11.6 Å². The third-order valence-electron chi connectivity index (χ3n) is 4.74. The molecule has 4 amide bonds. The lowest BCUT2D eigenvalue weighted by Gasteiger charge is -2.22. The van der Waals surface area contributed by atoms with E-state index in [-0.39, 0.29) is 34.5 Å². The summed E-state index contributed by atoms with van der Waals surface area (Å²) in [5, 5.41) is 3.10. The fourth-order valence-electron chi connectivity index (χ4n) is 3.45. The van der Waals surface area contributed by atoms with E-state index in [1.54, 1.807) is 35.2 Å². The molecule has 1 unspecified atom stereocenters. The van der Waals surface area contributed by atoms with Crippen molar-refractivity contribution in [3.63, 3.8) is 0 Å². The highest BCUT2D eigenvalue weighted by molar-refractivity contribution is 6.37. The molecule has 2 aromatic rings. The van der Waals surface area contributed by atoms with Gasteiger partial charge in [-0.05, 0) is 30.7 Å². The number of amides is 4. The number of carbonyl (C=O) groups is 3. The first kappa shape index (κ1) is 16.6. The Morgan fingerprint density at radius 3 is 2.54 bits per heavy atom. The summed E-state index contributed by atoms with van der Waals surface area (Å²) in [5.74, 6) is -0.728. The van der Waals surface area contributed by atoms with Crippen molar-refractivity contribution in [1.29, 1.82) is 0 Å². The molecule has 26 heavy (non-hydrogen) atoms. The molecule has 0 bridgehead atoms. The summed E-state index contributed by atoms with van der Waals surface area (Å²) in [6, 6.07) is 13.4. The van der Waals surface area contributed by atoms with Gasteiger partial charge in [0.25, 0.3) is 11.8 Å². The average Bonchev–Trinajstić information content (AvgIpc) is 3.20. The van der Waals surface area contributed by atoms with Crippen LogP contribution in [0.15, 0.2) is 48.5 Å². The van der Waals surface area contributed by atoms with E-state index < -0.39 is 0 Å². The van der Waals surface area contributed by atoms with Crippen LogP contribution in [0.3, 0.4) is 0 Å². The third kappa shape index (κ3) is 2.72. The molecule has 1 saturated heterocycles. The highest BCUT2D eigenvalue weighted by Crippen LogP contribution is 2.32. The molecule has 0 saturated carbocycles. The van der Waals surface area contributed by atoms with Gasteiger partial charge in [-0.3, -0.25) is 14.5 Å². The molecule has 1 N–H and O–H groups in total. The van der Waals surface area contributed by atoms with E-state index in [2.05, 4.69) is 5.32 Å². The fraction of sp³-hybridized carbons (Fsp3) is 0.211. The number of benzene rings is 2. The topological polar surface area (TPSA) is 69.7 Å². The lowest BCUT2D eigenvalue weighted by molar-refractivity contribution is 0.0590. The van der Waals surface area contributed by atoms with Gasteiger partial charge in [-0.15, -0.1) is 0 Å². The molecular weight excluding hydrogens is 354 g/mol. The summed E-state index contributed by atoms with van der Waals surface area (Å²) >= 11 is 6.10. The maximum atomic E-state index is 12.7. The van der Waals surface area contributed by atoms with Gasteiger partial charge in [0.1, 0.15) is 0 Å². The number of carbonyl (C=O) groups excluding carboxylic acids is 3. The van der Waals surface area contributed by atoms with Crippen molar-refractivity contribution in [1.82, 2.24) is 9.80 Å². The first-order valence-electron chi connectivity index (χ1n) is 8.33. The molecule has 0 radical (unpaired) electrons. The van der Waals surface area contributed by atoms with Crippen molar-refractivity contribution in [3.05, 3.63) is 64.7 Å². The van der Waals surface area contributed by atoms with E-state index in [4.69, 9.17) is 11.6 Å². The van der Waals surface area contributed by atoms with E-state index in [1.165, 1.54) is 4.90 Å². The lowest BCUT2D eigenvalue weighted by atomic mass is 10.1. The molecular formula is C19H16ClN3O3. The minimum atomic E-state index is -0.383. The molecule has 4 rings (SSSR count). The van der Waals surface area contributed by atoms with Crippen LogP contribution < -0.4 is 5.32 Å². The second-order valence-corrected chi connectivity index (χ2v) is 6.73. The van der Waals surface area contributed by atoms with Crippen LogP contribution in [0.5, 0.6) is 0 Å². The van der Waals surface area contributed by atoms with Crippen molar-refractivity contribution >= 4 is 35.1 Å². The number of urea groups is 1. The number of likely N-dealkylation sites (tertiary alicyclic amines) is 1. The maximum Gasteiger partial charge on any atom is 0.321 e. The second-order valence-electron chi connectivity index (χ2n) is 6.33. The smallest absolute Gasteiger partial charge is 0.321 e. The molecule has 2 aliphatic heterocycles. The van der Waals surface area contributed by atoms with Crippen LogP contribution in [-0.2, 0) is 0 Å². The summed E-state index contributed by atoms with van der Waals surface area (Å²) in [6.07, 6.45) is 0.547. The summed E-state index contributed by atoms with van der Waals surface area (Å²) in [7, 11) is 0. The van der Waals surface area contributed by atoms with Crippen molar-refractivity contribution in [2.45, 2.75) is 12.5 Å². The normalized spacial score (nSPS) is 19.0. The van der Waals surface area contributed by atoms with Crippen LogP contribution in [0.4, 0.5) is 10.5 Å². The average molecular weight is 370 g/mol. The maximum absolute atomic E-state index is 12.7. The Morgan fingerprint density at radius 1 is 1.04 bits per heavy atom. The Hall–Kier alpha value is -2.86. The Kier molecular flexibility index (Phi) is 4.12. The van der Waals surface area contributed by atoms with E-state index in [0.29, 0.717) is 30.8 Å². The Balaban J connectivity index is 1.48. The SMILES string of the molecule is O=C(Nc1ccccc1)N1CCC(N2C(=O)c3cccc(Cl)c3C2=O)C1. The van der Waals surface area contributed by atoms with Gasteiger partial charge < -0.3 is 10.2 Å². The van der Waals surface area contributed by atoms with Crippen LogP contribution in [0.2, 0.25) is 5.02 Å². The van der Waals surface area contributed by atoms with Gasteiger partial charge in [-0.2, -0.15) is 0 Å². The Labute approximate surface area is 155 Å². The molecule has 6 nitrogen and oxygen atoms in total. The van der Waals surface area contributed by atoms with Gasteiger partial charge in [0.15, 0.2) is 0 Å².